The van der Waals surface area contributed by atoms with Crippen molar-refractivity contribution in [3.8, 4) is 11.1 Å². The van der Waals surface area contributed by atoms with Crippen LogP contribution in [0.15, 0.2) is 54.9 Å². The molecule has 1 aliphatic carbocycles. The van der Waals surface area contributed by atoms with Gasteiger partial charge >= 0.3 is 6.09 Å². The van der Waals surface area contributed by atoms with Gasteiger partial charge in [-0.25, -0.2) is 22.9 Å². The van der Waals surface area contributed by atoms with E-state index in [9.17, 15) is 27.6 Å². The van der Waals surface area contributed by atoms with E-state index in [1.165, 1.54) is 24.3 Å². The Bertz CT molecular complexity index is 1510. The molecular weight excluding hydrogens is 527 g/mol. The molecule has 208 valence electrons. The van der Waals surface area contributed by atoms with Gasteiger partial charge in [-0.3, -0.25) is 14.3 Å². The Hall–Kier alpha value is -4.19. The maximum atomic E-state index is 14.7. The lowest BCUT2D eigenvalue weighted by atomic mass is 9.93. The van der Waals surface area contributed by atoms with Gasteiger partial charge in [0.15, 0.2) is 0 Å². The van der Waals surface area contributed by atoms with E-state index in [2.05, 4.69) is 10.4 Å². The molecule has 40 heavy (non-hydrogen) atoms. The molecule has 0 saturated carbocycles. The Kier molecular flexibility index (Phi) is 6.17. The minimum absolute atomic E-state index is 0.172. The predicted molar refractivity (Wildman–Crippen MR) is 135 cm³/mol. The smallest absolute Gasteiger partial charge is 0.418 e. The molecule has 1 aromatic heterocycles. The van der Waals surface area contributed by atoms with Crippen molar-refractivity contribution in [1.82, 2.24) is 24.9 Å². The second-order valence-electron chi connectivity index (χ2n) is 10.4. The first-order valence-corrected chi connectivity index (χ1v) is 12.9. The van der Waals surface area contributed by atoms with Crippen molar-refractivity contribution < 1.29 is 32.3 Å². The molecule has 0 bridgehead atoms. The highest BCUT2D eigenvalue weighted by Crippen LogP contribution is 2.46. The number of rotatable bonds is 6. The molecule has 2 atom stereocenters. The van der Waals surface area contributed by atoms with Crippen LogP contribution in [0.1, 0.15) is 23.1 Å². The van der Waals surface area contributed by atoms with Crippen LogP contribution in [-0.4, -0.2) is 69.1 Å². The van der Waals surface area contributed by atoms with Crippen LogP contribution in [0.25, 0.3) is 11.1 Å². The molecular formula is C28H26F3N5O4. The largest absolute Gasteiger partial charge is 0.427 e. The van der Waals surface area contributed by atoms with Crippen LogP contribution in [0.5, 0.6) is 0 Å². The summed E-state index contributed by atoms with van der Waals surface area (Å²) in [4.78, 5) is 41.7. The van der Waals surface area contributed by atoms with Gasteiger partial charge in [-0.15, -0.1) is 0 Å². The van der Waals surface area contributed by atoms with E-state index in [1.807, 2.05) is 25.4 Å². The number of carbonyl (C=O) groups excluding carboxylic acids is 3. The second-order valence-corrected chi connectivity index (χ2v) is 10.4. The number of hydrogen-bond donors (Lipinski definition) is 1. The molecule has 1 spiro atoms. The summed E-state index contributed by atoms with van der Waals surface area (Å²) in [6.07, 6.45) is 3.27. The molecule has 1 N–H and O–H groups in total. The number of ether oxygens (including phenoxy) is 1. The van der Waals surface area contributed by atoms with Gasteiger partial charge < -0.3 is 15.0 Å². The number of imide groups is 1. The van der Waals surface area contributed by atoms with Crippen LogP contribution < -0.4 is 5.32 Å². The van der Waals surface area contributed by atoms with Crippen molar-refractivity contribution in [3.05, 3.63) is 77.4 Å². The summed E-state index contributed by atoms with van der Waals surface area (Å²) in [5, 5.41) is 6.77. The quantitative estimate of drug-likeness (QED) is 0.504. The first-order valence-electron chi connectivity index (χ1n) is 12.9. The van der Waals surface area contributed by atoms with Crippen LogP contribution in [0.2, 0.25) is 0 Å². The number of nitrogens with one attached hydrogen (secondary N) is 1. The number of halogens is 3. The number of alkyl halides is 2. The number of hydrogen-bond acceptors (Lipinski definition) is 6. The number of aryl methyl sites for hydroxylation is 2. The number of nitrogens with zero attached hydrogens (tertiary/aromatic N) is 4. The van der Waals surface area contributed by atoms with E-state index in [0.29, 0.717) is 22.4 Å². The molecule has 2 saturated heterocycles. The summed E-state index contributed by atoms with van der Waals surface area (Å²) in [5.74, 6) is -5.28. The van der Waals surface area contributed by atoms with Crippen molar-refractivity contribution in [3.63, 3.8) is 0 Å². The van der Waals surface area contributed by atoms with E-state index < -0.39 is 54.4 Å². The first kappa shape index (κ1) is 26.1. The normalized spacial score (nSPS) is 23.1. The average molecular weight is 554 g/mol. The third-order valence-corrected chi connectivity index (χ3v) is 7.84. The Morgan fingerprint density at radius 2 is 1.95 bits per heavy atom. The zero-order valence-electron chi connectivity index (χ0n) is 21.6. The molecule has 12 heteroatoms. The minimum atomic E-state index is -3.23. The van der Waals surface area contributed by atoms with Crippen molar-refractivity contribution in [2.45, 2.75) is 37.0 Å². The maximum absolute atomic E-state index is 14.7. The lowest BCUT2D eigenvalue weighted by Crippen LogP contribution is -2.53. The summed E-state index contributed by atoms with van der Waals surface area (Å²) >= 11 is 0. The summed E-state index contributed by atoms with van der Waals surface area (Å²) in [7, 11) is 1.81. The fourth-order valence-electron chi connectivity index (χ4n) is 5.77. The molecule has 2 aromatic carbocycles. The zero-order chi connectivity index (χ0) is 28.2. The number of aromatic nitrogens is 2. The van der Waals surface area contributed by atoms with E-state index in [4.69, 9.17) is 4.74 Å². The molecule has 2 unspecified atom stereocenters. The van der Waals surface area contributed by atoms with Gasteiger partial charge in [0.1, 0.15) is 18.4 Å². The van der Waals surface area contributed by atoms with Gasteiger partial charge in [0, 0.05) is 43.9 Å². The molecule has 2 aliphatic heterocycles. The monoisotopic (exact) mass is 553 g/mol. The van der Waals surface area contributed by atoms with Crippen LogP contribution >= 0.6 is 0 Å². The molecule has 3 aromatic rings. The van der Waals surface area contributed by atoms with E-state index in [0.717, 1.165) is 21.6 Å². The molecule has 2 fully saturated rings. The van der Waals surface area contributed by atoms with E-state index in [-0.39, 0.29) is 19.5 Å². The summed E-state index contributed by atoms with van der Waals surface area (Å²) < 4.78 is 50.2. The minimum Gasteiger partial charge on any atom is -0.427 e. The van der Waals surface area contributed by atoms with Crippen LogP contribution in [0.3, 0.4) is 0 Å². The summed E-state index contributed by atoms with van der Waals surface area (Å²) in [5.41, 5.74) is 2.04. The Balaban J connectivity index is 1.25. The maximum Gasteiger partial charge on any atom is 0.418 e. The zero-order valence-corrected chi connectivity index (χ0v) is 21.6. The van der Waals surface area contributed by atoms with Gasteiger partial charge in [-0.1, -0.05) is 30.3 Å². The Morgan fingerprint density at radius 1 is 1.18 bits per heavy atom. The second kappa shape index (κ2) is 9.47. The topological polar surface area (TPSA) is 96.8 Å². The number of benzene rings is 2. The van der Waals surface area contributed by atoms with Crippen molar-refractivity contribution in [2.24, 2.45) is 7.05 Å². The molecule has 6 rings (SSSR count). The number of fused-ring (bicyclic) bond motifs is 2. The van der Waals surface area contributed by atoms with Crippen LogP contribution in [0, 0.1) is 5.82 Å². The Morgan fingerprint density at radius 3 is 2.62 bits per heavy atom. The standard InChI is InChI=1S/C28H26F3N5O4/c1-34-14-20(11-33-34)18-4-7-22-19(10-18)8-9-27(22)25(38)36(26(39)40-27)15-24(37)35(23-12-32-16-28(23,30)31)13-17-2-5-21(29)6-3-17/h2-7,10-11,14,23,32H,8-9,12-13,15-16H2,1H3. The fourth-order valence-corrected chi connectivity index (χ4v) is 5.77. The van der Waals surface area contributed by atoms with Gasteiger partial charge in [0.2, 0.25) is 11.5 Å². The number of amides is 3. The fraction of sp³-hybridized carbons (Fsp3) is 0.357. The average Bonchev–Trinajstić information content (AvgIpc) is 3.67. The molecule has 3 heterocycles. The van der Waals surface area contributed by atoms with Crippen LogP contribution in [0.4, 0.5) is 18.0 Å². The lowest BCUT2D eigenvalue weighted by Gasteiger charge is -2.33. The first-order chi connectivity index (χ1) is 19.1. The predicted octanol–water partition coefficient (Wildman–Crippen LogP) is 2.98. The molecule has 9 nitrogen and oxygen atoms in total. The lowest BCUT2D eigenvalue weighted by molar-refractivity contribution is -0.147. The summed E-state index contributed by atoms with van der Waals surface area (Å²) in [6, 6.07) is 9.12. The highest BCUT2D eigenvalue weighted by Gasteiger charge is 2.59. The molecule has 3 amide bonds. The van der Waals surface area contributed by atoms with Crippen LogP contribution in [-0.2, 0) is 39.9 Å². The molecule has 3 aliphatic rings. The van der Waals surface area contributed by atoms with E-state index >= 15 is 0 Å². The van der Waals surface area contributed by atoms with Gasteiger partial charge in [0.25, 0.3) is 11.8 Å². The third-order valence-electron chi connectivity index (χ3n) is 7.84. The van der Waals surface area contributed by atoms with E-state index in [1.54, 1.807) is 16.9 Å². The van der Waals surface area contributed by atoms with Crippen molar-refractivity contribution >= 4 is 17.9 Å². The highest BCUT2D eigenvalue weighted by atomic mass is 19.3. The number of carbonyl (C=O) groups is 3. The van der Waals surface area contributed by atoms with Crippen molar-refractivity contribution in [1.29, 1.82) is 0 Å². The van der Waals surface area contributed by atoms with Gasteiger partial charge in [0.05, 0.1) is 12.7 Å². The van der Waals surface area contributed by atoms with Gasteiger partial charge in [-0.05, 0) is 35.2 Å². The molecule has 0 radical (unpaired) electrons. The SMILES string of the molecule is Cn1cc(-c2ccc3c(c2)CCC32OC(=O)N(CC(=O)N(Cc3ccc(F)cc3)C3CNCC3(F)F)C2=O)cn1. The third kappa shape index (κ3) is 4.32. The Labute approximate surface area is 227 Å². The highest BCUT2D eigenvalue weighted by molar-refractivity contribution is 6.06. The van der Waals surface area contributed by atoms with Gasteiger partial charge in [-0.2, -0.15) is 5.10 Å². The summed E-state index contributed by atoms with van der Waals surface area (Å²) in [6.45, 7) is -1.79. The van der Waals surface area contributed by atoms with Crippen molar-refractivity contribution in [2.75, 3.05) is 19.6 Å².